The van der Waals surface area contributed by atoms with Crippen molar-refractivity contribution in [1.82, 2.24) is 30.2 Å². The van der Waals surface area contributed by atoms with Crippen LogP contribution in [0.1, 0.15) is 23.8 Å². The minimum absolute atomic E-state index is 0.496. The lowest BCUT2D eigenvalue weighted by Gasteiger charge is -2.17. The van der Waals surface area contributed by atoms with Gasteiger partial charge in [0, 0.05) is 10.4 Å². The van der Waals surface area contributed by atoms with Crippen LogP contribution in [0.2, 0.25) is 0 Å². The van der Waals surface area contributed by atoms with Gasteiger partial charge in [0.15, 0.2) is 17.3 Å². The normalized spacial score (nSPS) is 16.0. The first-order chi connectivity index (χ1) is 14.2. The molecule has 0 fully saturated rings. The van der Waals surface area contributed by atoms with Gasteiger partial charge in [-0.05, 0) is 54.2 Å². The summed E-state index contributed by atoms with van der Waals surface area (Å²) in [4.78, 5) is 12.9. The quantitative estimate of drug-likeness (QED) is 0.511. The first kappa shape index (κ1) is 18.0. The van der Waals surface area contributed by atoms with Crippen LogP contribution >= 0.6 is 11.3 Å². The number of ether oxygens (including phenoxy) is 2. The molecule has 1 atom stereocenters. The topological polar surface area (TPSA) is 87.8 Å². The van der Waals surface area contributed by atoms with E-state index in [-0.39, 0.29) is 0 Å². The van der Waals surface area contributed by atoms with Crippen molar-refractivity contribution in [3.05, 3.63) is 35.0 Å². The molecule has 0 spiro atoms. The molecule has 29 heavy (non-hydrogen) atoms. The molecule has 0 N–H and O–H groups in total. The Morgan fingerprint density at radius 2 is 2.00 bits per heavy atom. The van der Waals surface area contributed by atoms with Crippen LogP contribution in [0.3, 0.4) is 0 Å². The van der Waals surface area contributed by atoms with Gasteiger partial charge in [0.1, 0.15) is 11.2 Å². The van der Waals surface area contributed by atoms with E-state index < -0.39 is 0 Å². The second kappa shape index (κ2) is 7.07. The van der Waals surface area contributed by atoms with E-state index in [0.717, 1.165) is 28.6 Å². The van der Waals surface area contributed by atoms with Crippen LogP contribution in [0.25, 0.3) is 27.4 Å². The summed E-state index contributed by atoms with van der Waals surface area (Å²) in [6.45, 7) is 2.30. The Balaban J connectivity index is 1.59. The minimum atomic E-state index is 0.496. The van der Waals surface area contributed by atoms with Crippen LogP contribution in [0.15, 0.2) is 24.5 Å². The average molecular weight is 408 g/mol. The molecule has 0 bridgehead atoms. The first-order valence-electron chi connectivity index (χ1n) is 9.46. The largest absolute Gasteiger partial charge is 0.493 e. The van der Waals surface area contributed by atoms with Crippen LogP contribution in [0.5, 0.6) is 11.5 Å². The fraction of sp³-hybridized carbons (Fsp3) is 0.350. The molecule has 0 unspecified atom stereocenters. The highest BCUT2D eigenvalue weighted by Gasteiger charge is 2.24. The third kappa shape index (κ3) is 3.02. The number of rotatable bonds is 4. The molecular formula is C20H20N6O2S. The van der Waals surface area contributed by atoms with Gasteiger partial charge in [0.25, 0.3) is 0 Å². The third-order valence-corrected chi connectivity index (χ3v) is 6.48. The molecule has 5 rings (SSSR count). The zero-order chi connectivity index (χ0) is 20.0. The van der Waals surface area contributed by atoms with Gasteiger partial charge in [-0.15, -0.1) is 26.3 Å². The molecule has 3 heterocycles. The van der Waals surface area contributed by atoms with Crippen LogP contribution in [-0.4, -0.2) is 44.4 Å². The lowest BCUT2D eigenvalue weighted by molar-refractivity contribution is 0.355. The highest BCUT2D eigenvalue weighted by molar-refractivity contribution is 7.18. The summed E-state index contributed by atoms with van der Waals surface area (Å²) >= 11 is 1.75. The van der Waals surface area contributed by atoms with E-state index in [9.17, 15) is 0 Å². The van der Waals surface area contributed by atoms with Crippen LogP contribution in [-0.2, 0) is 12.8 Å². The van der Waals surface area contributed by atoms with Crippen molar-refractivity contribution in [3.8, 4) is 28.7 Å². The molecule has 8 nitrogen and oxygen atoms in total. The second-order valence-electron chi connectivity index (χ2n) is 7.20. The molecule has 1 aliphatic rings. The molecule has 9 heteroatoms. The number of methoxy groups -OCH3 is 2. The van der Waals surface area contributed by atoms with Crippen molar-refractivity contribution in [1.29, 1.82) is 0 Å². The van der Waals surface area contributed by atoms with Gasteiger partial charge >= 0.3 is 0 Å². The van der Waals surface area contributed by atoms with Crippen LogP contribution < -0.4 is 9.47 Å². The highest BCUT2D eigenvalue weighted by atomic mass is 32.1. The maximum atomic E-state index is 5.38. The second-order valence-corrected chi connectivity index (χ2v) is 8.29. The van der Waals surface area contributed by atoms with E-state index in [1.807, 2.05) is 18.2 Å². The van der Waals surface area contributed by atoms with Gasteiger partial charge in [0.2, 0.25) is 5.82 Å². The number of aromatic nitrogens is 6. The molecule has 0 amide bonds. The highest BCUT2D eigenvalue weighted by Crippen LogP contribution is 2.39. The summed E-state index contributed by atoms with van der Waals surface area (Å²) in [6.07, 6.45) is 4.88. The monoisotopic (exact) mass is 408 g/mol. The number of aryl methyl sites for hydroxylation is 1. The lowest BCUT2D eigenvalue weighted by atomic mass is 9.89. The van der Waals surface area contributed by atoms with Crippen molar-refractivity contribution in [2.75, 3.05) is 14.2 Å². The maximum absolute atomic E-state index is 5.38. The number of hydrogen-bond donors (Lipinski definition) is 0. The molecular weight excluding hydrogens is 388 g/mol. The Morgan fingerprint density at radius 3 is 2.83 bits per heavy atom. The molecule has 0 radical (unpaired) electrons. The smallest absolute Gasteiger partial charge is 0.205 e. The van der Waals surface area contributed by atoms with E-state index in [1.165, 1.54) is 21.7 Å². The summed E-state index contributed by atoms with van der Waals surface area (Å²) in [5.74, 6) is 3.15. The molecule has 4 aromatic rings. The fourth-order valence-corrected chi connectivity index (χ4v) is 5.15. The number of tetrazole rings is 1. The lowest BCUT2D eigenvalue weighted by Crippen LogP contribution is -2.10. The number of fused-ring (bicyclic) bond motifs is 3. The third-order valence-electron chi connectivity index (χ3n) is 5.32. The zero-order valence-electron chi connectivity index (χ0n) is 16.4. The van der Waals surface area contributed by atoms with Gasteiger partial charge in [-0.3, -0.25) is 0 Å². The van der Waals surface area contributed by atoms with Crippen molar-refractivity contribution < 1.29 is 9.47 Å². The molecule has 1 aromatic carbocycles. The molecule has 3 aromatic heterocycles. The van der Waals surface area contributed by atoms with E-state index in [2.05, 4.69) is 32.3 Å². The standard InChI is InChI=1S/C20H20N6O2S/c1-11-4-6-13-16(8-11)29-20-17(13)19(21-10-22-20)26-24-18(23-25-26)12-5-7-14(27-2)15(9-12)28-3/h5,7,9-11H,4,6,8H2,1-3H3/t11-/m1/s1. The van der Waals surface area contributed by atoms with Crippen molar-refractivity contribution in [2.45, 2.75) is 26.2 Å². The number of thiophene rings is 1. The van der Waals surface area contributed by atoms with E-state index >= 15 is 0 Å². The Morgan fingerprint density at radius 1 is 1.14 bits per heavy atom. The van der Waals surface area contributed by atoms with Gasteiger partial charge in [-0.2, -0.15) is 0 Å². The summed E-state index contributed by atoms with van der Waals surface area (Å²) in [7, 11) is 3.21. The molecule has 0 saturated heterocycles. The number of hydrogen-bond acceptors (Lipinski definition) is 8. The first-order valence-corrected chi connectivity index (χ1v) is 10.3. The van der Waals surface area contributed by atoms with Crippen molar-refractivity contribution in [2.24, 2.45) is 5.92 Å². The predicted octanol–water partition coefficient (Wildman–Crippen LogP) is 3.48. The summed E-state index contributed by atoms with van der Waals surface area (Å²) in [6, 6.07) is 5.55. The van der Waals surface area contributed by atoms with Gasteiger partial charge in [-0.1, -0.05) is 6.92 Å². The molecule has 1 aliphatic carbocycles. The molecule has 0 aliphatic heterocycles. The van der Waals surface area contributed by atoms with Crippen LogP contribution in [0, 0.1) is 5.92 Å². The Bertz CT molecular complexity index is 1200. The summed E-state index contributed by atoms with van der Waals surface area (Å²) < 4.78 is 10.7. The Hall–Kier alpha value is -3.07. The van der Waals surface area contributed by atoms with E-state index in [0.29, 0.717) is 29.1 Å². The summed E-state index contributed by atoms with van der Waals surface area (Å²) in [5.41, 5.74) is 2.13. The Labute approximate surface area is 171 Å². The maximum Gasteiger partial charge on any atom is 0.205 e. The van der Waals surface area contributed by atoms with Gasteiger partial charge < -0.3 is 9.47 Å². The van der Waals surface area contributed by atoms with E-state index in [4.69, 9.17) is 9.47 Å². The molecule has 0 saturated carbocycles. The number of benzene rings is 1. The number of nitrogens with zero attached hydrogens (tertiary/aromatic N) is 6. The summed E-state index contributed by atoms with van der Waals surface area (Å²) in [5, 5.41) is 14.1. The predicted molar refractivity (Wildman–Crippen MR) is 110 cm³/mol. The Kier molecular flexibility index (Phi) is 4.39. The van der Waals surface area contributed by atoms with Gasteiger partial charge in [0.05, 0.1) is 19.6 Å². The fourth-order valence-electron chi connectivity index (χ4n) is 3.81. The van der Waals surface area contributed by atoms with Crippen molar-refractivity contribution in [3.63, 3.8) is 0 Å². The van der Waals surface area contributed by atoms with Crippen molar-refractivity contribution >= 4 is 21.6 Å². The van der Waals surface area contributed by atoms with E-state index in [1.54, 1.807) is 31.9 Å². The SMILES string of the molecule is COc1ccc(-c2nnn(-c3ncnc4sc5c(c34)CC[C@@H](C)C5)n2)cc1OC. The molecule has 148 valence electrons. The van der Waals surface area contributed by atoms with Gasteiger partial charge in [-0.25, -0.2) is 9.97 Å². The minimum Gasteiger partial charge on any atom is -0.493 e. The van der Waals surface area contributed by atoms with Crippen LogP contribution in [0.4, 0.5) is 0 Å². The average Bonchev–Trinajstić information content (AvgIpc) is 3.37. The zero-order valence-corrected chi connectivity index (χ0v) is 17.2.